The number of carbonyl (C=O) groups is 2. The van der Waals surface area contributed by atoms with Crippen molar-refractivity contribution < 1.29 is 24.2 Å². The summed E-state index contributed by atoms with van der Waals surface area (Å²) in [5.74, 6) is 1.87. The SMILES string of the molecule is CC(C)(C)C(NC(=O)O)[C@@H]1CN(c2ccc(C3[C@H]4COC[C@@H]34)cc2)C(=O)O1. The molecule has 5 atom stereocenters. The van der Waals surface area contributed by atoms with Crippen LogP contribution in [0.5, 0.6) is 0 Å². The Bertz CT molecular complexity index is 732. The van der Waals surface area contributed by atoms with Crippen LogP contribution in [0, 0.1) is 17.3 Å². The van der Waals surface area contributed by atoms with Crippen LogP contribution in [0.4, 0.5) is 15.3 Å². The molecule has 2 amide bonds. The first kappa shape index (κ1) is 18.1. The molecule has 27 heavy (non-hydrogen) atoms. The fraction of sp³-hybridized carbons (Fsp3) is 0.600. The Morgan fingerprint density at radius 2 is 1.85 bits per heavy atom. The van der Waals surface area contributed by atoms with Crippen LogP contribution < -0.4 is 10.2 Å². The van der Waals surface area contributed by atoms with Crippen LogP contribution in [0.1, 0.15) is 32.3 Å². The highest BCUT2D eigenvalue weighted by molar-refractivity contribution is 5.90. The predicted molar refractivity (Wildman–Crippen MR) is 99.0 cm³/mol. The zero-order chi connectivity index (χ0) is 19.3. The van der Waals surface area contributed by atoms with Crippen LogP contribution in [0.25, 0.3) is 0 Å². The van der Waals surface area contributed by atoms with E-state index in [1.165, 1.54) is 5.56 Å². The predicted octanol–water partition coefficient (Wildman–Crippen LogP) is 3.05. The molecule has 1 aliphatic carbocycles. The first-order valence-corrected chi connectivity index (χ1v) is 9.41. The van der Waals surface area contributed by atoms with E-state index in [0.29, 0.717) is 24.3 Å². The molecule has 0 spiro atoms. The van der Waals surface area contributed by atoms with Gasteiger partial charge < -0.3 is 19.9 Å². The summed E-state index contributed by atoms with van der Waals surface area (Å²) in [6.45, 7) is 7.80. The summed E-state index contributed by atoms with van der Waals surface area (Å²) in [5, 5.41) is 11.6. The van der Waals surface area contributed by atoms with E-state index in [9.17, 15) is 9.59 Å². The lowest BCUT2D eigenvalue weighted by Crippen LogP contribution is -2.52. The molecule has 2 aliphatic heterocycles. The summed E-state index contributed by atoms with van der Waals surface area (Å²) in [4.78, 5) is 25.1. The molecule has 0 bridgehead atoms. The van der Waals surface area contributed by atoms with Gasteiger partial charge in [0.2, 0.25) is 0 Å². The molecule has 1 aromatic rings. The Morgan fingerprint density at radius 1 is 1.22 bits per heavy atom. The van der Waals surface area contributed by atoms with E-state index in [2.05, 4.69) is 17.4 Å². The molecule has 2 N–H and O–H groups in total. The van der Waals surface area contributed by atoms with Gasteiger partial charge in [-0.2, -0.15) is 0 Å². The molecule has 146 valence electrons. The van der Waals surface area contributed by atoms with Crippen LogP contribution in [-0.2, 0) is 9.47 Å². The number of carbonyl (C=O) groups excluding carboxylic acids is 1. The first-order valence-electron chi connectivity index (χ1n) is 9.41. The van der Waals surface area contributed by atoms with Crippen LogP contribution in [0.15, 0.2) is 24.3 Å². The van der Waals surface area contributed by atoms with E-state index < -0.39 is 24.3 Å². The molecule has 0 radical (unpaired) electrons. The first-order chi connectivity index (χ1) is 12.8. The van der Waals surface area contributed by atoms with Crippen LogP contribution in [0.2, 0.25) is 0 Å². The Labute approximate surface area is 158 Å². The molecule has 2 saturated heterocycles. The van der Waals surface area contributed by atoms with E-state index in [-0.39, 0.29) is 5.41 Å². The van der Waals surface area contributed by atoms with E-state index in [0.717, 1.165) is 18.9 Å². The molecule has 4 rings (SSSR count). The van der Waals surface area contributed by atoms with Crippen molar-refractivity contribution in [1.29, 1.82) is 0 Å². The van der Waals surface area contributed by atoms with Gasteiger partial charge in [0, 0.05) is 5.69 Å². The summed E-state index contributed by atoms with van der Waals surface area (Å²) in [6.07, 6.45) is -2.09. The second-order valence-electron chi connectivity index (χ2n) is 8.81. The minimum Gasteiger partial charge on any atom is -0.465 e. The quantitative estimate of drug-likeness (QED) is 0.846. The van der Waals surface area contributed by atoms with Crippen LogP contribution >= 0.6 is 0 Å². The van der Waals surface area contributed by atoms with E-state index >= 15 is 0 Å². The zero-order valence-electron chi connectivity index (χ0n) is 15.8. The van der Waals surface area contributed by atoms with Crippen molar-refractivity contribution in [3.05, 3.63) is 29.8 Å². The molecule has 2 unspecified atom stereocenters. The molecule has 0 aromatic heterocycles. The van der Waals surface area contributed by atoms with Gasteiger partial charge in [0.15, 0.2) is 0 Å². The lowest BCUT2D eigenvalue weighted by Gasteiger charge is -2.33. The number of amides is 2. The maximum atomic E-state index is 12.4. The molecule has 2 heterocycles. The van der Waals surface area contributed by atoms with Crippen molar-refractivity contribution in [3.63, 3.8) is 0 Å². The molecular weight excluding hydrogens is 348 g/mol. The minimum absolute atomic E-state index is 0.322. The highest BCUT2D eigenvalue weighted by Crippen LogP contribution is 2.57. The Kier molecular flexibility index (Phi) is 4.29. The lowest BCUT2D eigenvalue weighted by molar-refractivity contribution is 0.0754. The average Bonchev–Trinajstić information content (AvgIpc) is 2.93. The van der Waals surface area contributed by atoms with Gasteiger partial charge in [-0.1, -0.05) is 32.9 Å². The Hall–Kier alpha value is -2.28. The van der Waals surface area contributed by atoms with Crippen molar-refractivity contribution in [2.45, 2.75) is 38.8 Å². The zero-order valence-corrected chi connectivity index (χ0v) is 15.8. The van der Waals surface area contributed by atoms with Gasteiger partial charge >= 0.3 is 12.2 Å². The fourth-order valence-electron chi connectivity index (χ4n) is 4.48. The van der Waals surface area contributed by atoms with Gasteiger partial charge in [-0.05, 0) is 40.9 Å². The Morgan fingerprint density at radius 3 is 2.41 bits per heavy atom. The third-order valence-electron chi connectivity index (χ3n) is 5.96. The van der Waals surface area contributed by atoms with E-state index in [1.54, 1.807) is 4.90 Å². The maximum absolute atomic E-state index is 12.4. The van der Waals surface area contributed by atoms with Crippen molar-refractivity contribution >= 4 is 17.9 Å². The molecule has 3 fully saturated rings. The number of cyclic esters (lactones) is 1. The summed E-state index contributed by atoms with van der Waals surface area (Å²) in [6, 6.07) is 7.56. The van der Waals surface area contributed by atoms with E-state index in [4.69, 9.17) is 14.6 Å². The second-order valence-corrected chi connectivity index (χ2v) is 8.81. The summed E-state index contributed by atoms with van der Waals surface area (Å²) in [5.41, 5.74) is 1.69. The molecule has 7 nitrogen and oxygen atoms in total. The van der Waals surface area contributed by atoms with Gasteiger partial charge in [0.25, 0.3) is 0 Å². The van der Waals surface area contributed by atoms with Crippen molar-refractivity contribution in [2.75, 3.05) is 24.7 Å². The highest BCUT2D eigenvalue weighted by atomic mass is 16.6. The van der Waals surface area contributed by atoms with Crippen LogP contribution in [-0.4, -0.2) is 49.2 Å². The number of anilines is 1. The third kappa shape index (κ3) is 3.36. The summed E-state index contributed by atoms with van der Waals surface area (Å²) < 4.78 is 11.0. The molecule has 1 saturated carbocycles. The van der Waals surface area contributed by atoms with Gasteiger partial charge in [-0.25, -0.2) is 9.59 Å². The normalized spacial score (nSPS) is 30.6. The topological polar surface area (TPSA) is 88.1 Å². The van der Waals surface area contributed by atoms with Crippen molar-refractivity contribution in [3.8, 4) is 0 Å². The maximum Gasteiger partial charge on any atom is 0.414 e. The van der Waals surface area contributed by atoms with Crippen molar-refractivity contribution in [1.82, 2.24) is 5.32 Å². The fourth-order valence-corrected chi connectivity index (χ4v) is 4.48. The smallest absolute Gasteiger partial charge is 0.414 e. The lowest BCUT2D eigenvalue weighted by atomic mass is 9.83. The number of carboxylic acid groups (broad SMARTS) is 1. The average molecular weight is 374 g/mol. The van der Waals surface area contributed by atoms with Crippen LogP contribution in [0.3, 0.4) is 0 Å². The van der Waals surface area contributed by atoms with Gasteiger partial charge in [0.1, 0.15) is 6.10 Å². The molecular formula is C20H26N2O5. The molecule has 3 aliphatic rings. The van der Waals surface area contributed by atoms with Crippen molar-refractivity contribution in [2.24, 2.45) is 17.3 Å². The number of benzene rings is 1. The minimum atomic E-state index is -1.12. The van der Waals surface area contributed by atoms with Gasteiger partial charge in [-0.3, -0.25) is 4.90 Å². The van der Waals surface area contributed by atoms with Gasteiger partial charge in [0.05, 0.1) is 25.8 Å². The molecule has 7 heteroatoms. The summed E-state index contributed by atoms with van der Waals surface area (Å²) >= 11 is 0. The van der Waals surface area contributed by atoms with Gasteiger partial charge in [-0.15, -0.1) is 0 Å². The number of rotatable bonds is 4. The Balaban J connectivity index is 1.46. The molecule has 1 aromatic carbocycles. The highest BCUT2D eigenvalue weighted by Gasteiger charge is 2.54. The third-order valence-corrected chi connectivity index (χ3v) is 5.96. The van der Waals surface area contributed by atoms with E-state index in [1.807, 2.05) is 32.9 Å². The standard InChI is InChI=1S/C20H26N2O5/c1-20(2,3)17(21-18(23)24)15-8-22(19(25)27-15)12-6-4-11(5-7-12)16-13-9-26-10-14(13)16/h4-7,13-17,21H,8-10H2,1-3H3,(H,23,24)/t13-,14+,15-,16?,17?/m0/s1. The number of ether oxygens (including phenoxy) is 2. The number of nitrogens with zero attached hydrogens (tertiary/aromatic N) is 1. The number of hydrogen-bond donors (Lipinski definition) is 2. The number of fused-ring (bicyclic) bond motifs is 1. The number of nitrogens with one attached hydrogen (secondary N) is 1. The summed E-state index contributed by atoms with van der Waals surface area (Å²) in [7, 11) is 0. The largest absolute Gasteiger partial charge is 0.465 e. The monoisotopic (exact) mass is 374 g/mol. The number of hydrogen-bond acceptors (Lipinski definition) is 4. The second kappa shape index (κ2) is 6.41.